The van der Waals surface area contributed by atoms with E-state index in [1.54, 1.807) is 55.0 Å². The van der Waals surface area contributed by atoms with E-state index in [-0.39, 0.29) is 54.8 Å². The van der Waals surface area contributed by atoms with Gasteiger partial charge in [0.15, 0.2) is 5.69 Å². The fourth-order valence-electron chi connectivity index (χ4n) is 10.6. The number of nitrogens with zero attached hydrogens (tertiary/aromatic N) is 6. The second kappa shape index (κ2) is 24.9. The number of rotatable bonds is 19. The minimum Gasteiger partial charge on any atom is -0.494 e. The van der Waals surface area contributed by atoms with Crippen molar-refractivity contribution in [2.75, 3.05) is 58.2 Å². The van der Waals surface area contributed by atoms with Crippen LogP contribution in [-0.4, -0.2) is 123 Å². The van der Waals surface area contributed by atoms with Crippen LogP contribution in [0.3, 0.4) is 0 Å². The molecule has 2 saturated heterocycles. The summed E-state index contributed by atoms with van der Waals surface area (Å²) in [7, 11) is 1.71. The van der Waals surface area contributed by atoms with Crippen LogP contribution in [0.1, 0.15) is 140 Å². The predicted molar refractivity (Wildman–Crippen MR) is 278 cm³/mol. The zero-order valence-electron chi connectivity index (χ0n) is 42.6. The average molecular weight is 1020 g/mol. The van der Waals surface area contributed by atoms with E-state index >= 15 is 0 Å². The predicted octanol–water partition coefficient (Wildman–Crippen LogP) is 8.75. The molecule has 5 aliphatic rings. The number of ketones is 1. The van der Waals surface area contributed by atoms with Crippen LogP contribution in [0.5, 0.6) is 5.75 Å². The summed E-state index contributed by atoms with van der Waals surface area (Å²) in [5, 5.41) is 21.8. The van der Waals surface area contributed by atoms with Crippen molar-refractivity contribution in [2.45, 2.75) is 122 Å². The number of hydrogen-bond acceptors (Lipinski definition) is 11. The van der Waals surface area contributed by atoms with E-state index in [1.165, 1.54) is 49.9 Å². The van der Waals surface area contributed by atoms with Crippen molar-refractivity contribution >= 4 is 40.5 Å². The van der Waals surface area contributed by atoms with E-state index in [9.17, 15) is 28.0 Å². The van der Waals surface area contributed by atoms with Gasteiger partial charge in [0, 0.05) is 78.2 Å². The number of unbranched alkanes of at least 4 members (excludes halogenated alkanes) is 3. The third kappa shape index (κ3) is 13.3. The molecule has 4 atom stereocenters. The van der Waals surface area contributed by atoms with Gasteiger partial charge in [-0.15, -0.1) is 11.3 Å². The number of carbonyl (C=O) groups excluding carboxylic acids is 4. The molecule has 4 fully saturated rings. The number of ether oxygens (including phenoxy) is 1. The summed E-state index contributed by atoms with van der Waals surface area (Å²) in [6, 6.07) is 17.3. The van der Waals surface area contributed by atoms with E-state index in [1.807, 2.05) is 41.2 Å². The largest absolute Gasteiger partial charge is 0.494 e. The third-order valence-corrected chi connectivity index (χ3v) is 15.9. The number of aromatic nitrogens is 5. The van der Waals surface area contributed by atoms with Crippen molar-refractivity contribution in [3.63, 3.8) is 0 Å². The van der Waals surface area contributed by atoms with Crippen molar-refractivity contribution < 1.29 is 32.7 Å². The maximum Gasteiger partial charge on any atom is 0.276 e. The molecule has 4 unspecified atom stereocenters. The van der Waals surface area contributed by atoms with Crippen molar-refractivity contribution in [3.8, 4) is 5.75 Å². The number of aromatic amines is 1. The minimum atomic E-state index is -2.72. The van der Waals surface area contributed by atoms with Crippen LogP contribution in [-0.2, 0) is 22.4 Å². The minimum absolute atomic E-state index is 0.00321. The number of hydrogen-bond donors (Lipinski definition) is 4. The topological polar surface area (TPSA) is 179 Å². The molecule has 18 heteroatoms. The van der Waals surface area contributed by atoms with Crippen LogP contribution in [0.15, 0.2) is 77.9 Å². The number of nitrogens with one attached hydrogen (secondary N) is 4. The van der Waals surface area contributed by atoms with Crippen LogP contribution < -0.4 is 20.7 Å². The van der Waals surface area contributed by atoms with Crippen LogP contribution in [0.25, 0.3) is 0 Å². The first kappa shape index (κ1) is 53.4. The Morgan fingerprint density at radius 1 is 0.932 bits per heavy atom. The Morgan fingerprint density at radius 2 is 1.66 bits per heavy atom. The average Bonchev–Trinajstić information content (AvgIpc) is 4.20. The van der Waals surface area contributed by atoms with E-state index < -0.39 is 23.2 Å². The Kier molecular flexibility index (Phi) is 18.2. The van der Waals surface area contributed by atoms with E-state index in [2.05, 4.69) is 53.3 Å². The Labute approximate surface area is 431 Å². The van der Waals surface area contributed by atoms with Gasteiger partial charge < -0.3 is 30.5 Å². The Hall–Kier alpha value is -5.85. The lowest BCUT2D eigenvalue weighted by Gasteiger charge is -2.43. The number of alkyl halides is 2. The van der Waals surface area contributed by atoms with Crippen molar-refractivity contribution in [1.82, 2.24) is 45.4 Å². The monoisotopic (exact) mass is 1020 g/mol. The zero-order chi connectivity index (χ0) is 51.4. The molecule has 392 valence electrons. The summed E-state index contributed by atoms with van der Waals surface area (Å²) in [5.41, 5.74) is 4.74. The molecule has 15 nitrogen and oxygen atoms in total. The number of anilines is 1. The van der Waals surface area contributed by atoms with E-state index in [0.29, 0.717) is 46.5 Å². The summed E-state index contributed by atoms with van der Waals surface area (Å²) in [6.07, 6.45) is 19.2. The van der Waals surface area contributed by atoms with Crippen LogP contribution in [0.4, 0.5) is 14.5 Å². The van der Waals surface area contributed by atoms with Crippen LogP contribution in [0, 0.1) is 17.3 Å². The van der Waals surface area contributed by atoms with Gasteiger partial charge in [-0.3, -0.25) is 29.0 Å². The number of carbonyl (C=O) groups is 4. The highest BCUT2D eigenvalue weighted by molar-refractivity contribution is 7.07. The SMILES string of the molecule is C1CCCCC1.CC12Cc3[nH]nc(C(=O)Nc4cnn(C(c5ccccc5)C5CN(CCCCCCOc6cccc(C(=O)c7cscn7)c6)C5)c4)c3CC1C2(F)F.CNC(C)C(=O)NCC(=O)N1CCCC1. The zero-order valence-corrected chi connectivity index (χ0v) is 43.4. The van der Waals surface area contributed by atoms with Crippen molar-refractivity contribution in [1.29, 1.82) is 0 Å². The molecule has 0 bridgehead atoms. The highest BCUT2D eigenvalue weighted by Crippen LogP contribution is 2.70. The highest BCUT2D eigenvalue weighted by atomic mass is 32.1. The number of H-pyrrole nitrogens is 1. The number of halogens is 2. The molecule has 0 radical (unpaired) electrons. The lowest BCUT2D eigenvalue weighted by molar-refractivity contribution is -0.132. The van der Waals surface area contributed by atoms with Crippen molar-refractivity contribution in [3.05, 3.63) is 112 Å². The third-order valence-electron chi connectivity index (χ3n) is 15.3. The summed E-state index contributed by atoms with van der Waals surface area (Å²) < 4.78 is 36.7. The van der Waals surface area contributed by atoms with E-state index in [0.717, 1.165) is 76.8 Å². The molecular formula is C55H72F2N10O5S. The Morgan fingerprint density at radius 3 is 2.36 bits per heavy atom. The molecule has 73 heavy (non-hydrogen) atoms. The molecule has 2 aromatic carbocycles. The van der Waals surface area contributed by atoms with Gasteiger partial charge >= 0.3 is 0 Å². The number of benzene rings is 2. The number of amides is 3. The van der Waals surface area contributed by atoms with Gasteiger partial charge in [-0.2, -0.15) is 10.2 Å². The van der Waals surface area contributed by atoms with Gasteiger partial charge in [-0.1, -0.05) is 101 Å². The van der Waals surface area contributed by atoms with E-state index in [4.69, 9.17) is 4.74 Å². The Bertz CT molecular complexity index is 2580. The molecular weight excluding hydrogens is 951 g/mol. The van der Waals surface area contributed by atoms with Gasteiger partial charge in [-0.25, -0.2) is 13.8 Å². The van der Waals surface area contributed by atoms with Crippen molar-refractivity contribution in [2.24, 2.45) is 17.3 Å². The summed E-state index contributed by atoms with van der Waals surface area (Å²) in [5.74, 6) is -3.05. The lowest BCUT2D eigenvalue weighted by atomic mass is 9.86. The summed E-state index contributed by atoms with van der Waals surface area (Å²) >= 11 is 1.40. The smallest absolute Gasteiger partial charge is 0.276 e. The van der Waals surface area contributed by atoms with Crippen LogP contribution in [0.2, 0.25) is 0 Å². The first-order valence-electron chi connectivity index (χ1n) is 26.3. The van der Waals surface area contributed by atoms with Gasteiger partial charge in [0.25, 0.3) is 11.8 Å². The number of thiazole rings is 1. The molecule has 4 N–H and O–H groups in total. The fourth-order valence-corrected chi connectivity index (χ4v) is 11.1. The second-order valence-corrected chi connectivity index (χ2v) is 21.2. The normalized spacial score (nSPS) is 20.6. The maximum absolute atomic E-state index is 14.4. The molecule has 5 aromatic rings. The summed E-state index contributed by atoms with van der Waals surface area (Å²) in [4.78, 5) is 57.1. The molecule has 5 heterocycles. The maximum atomic E-state index is 14.4. The molecule has 0 spiro atoms. The molecule has 2 saturated carbocycles. The summed E-state index contributed by atoms with van der Waals surface area (Å²) in [6.45, 7) is 8.67. The number of likely N-dealkylation sites (N-methyl/N-ethyl adjacent to an activating group) is 1. The fraction of sp³-hybridized carbons (Fsp3) is 0.545. The first-order valence-corrected chi connectivity index (χ1v) is 27.3. The molecule has 3 aliphatic carbocycles. The number of fused-ring (bicyclic) bond motifs is 2. The lowest BCUT2D eigenvalue weighted by Crippen LogP contribution is -2.50. The van der Waals surface area contributed by atoms with Gasteiger partial charge in [-0.05, 0) is 70.3 Å². The van der Waals surface area contributed by atoms with Gasteiger partial charge in [0.2, 0.25) is 17.6 Å². The van der Waals surface area contributed by atoms with Gasteiger partial charge in [0.05, 0.1) is 42.6 Å². The molecule has 3 aromatic heterocycles. The molecule has 10 rings (SSSR count). The quantitative estimate of drug-likeness (QED) is 0.0462. The molecule has 2 aliphatic heterocycles. The van der Waals surface area contributed by atoms with Gasteiger partial charge in [0.1, 0.15) is 11.4 Å². The second-order valence-electron chi connectivity index (χ2n) is 20.5. The van der Waals surface area contributed by atoms with Crippen LogP contribution >= 0.6 is 11.3 Å². The standard InChI is InChI=1S/C39H41F2N7O3S.C10H19N3O2.C6H12/c1-38-18-31-30(17-33(38)39(38,40)41)34(46-45-31)37(50)44-28-19-43-48(22-28)35(25-10-5-4-6-11-25)27-20-47(21-27)14-7-2-3-8-15-51-29-13-9-12-26(16-29)36(49)32-23-52-24-42-32;1-8(11-2)10(15)12-7-9(14)13-5-3-4-6-13;1-2-4-6-5-3-1/h4-6,9-13,16,19,22-24,27,33,35H,2-3,7-8,14-15,17-18,20-21H2,1H3,(H,44,50)(H,45,46);8,11H,3-7H2,1-2H3,(H,12,15);1-6H2. The Balaban J connectivity index is 0.000000281. The molecule has 3 amide bonds. The number of likely N-dealkylation sites (tertiary alicyclic amines) is 2. The first-order chi connectivity index (χ1) is 35.4. The highest BCUT2D eigenvalue weighted by Gasteiger charge is 2.78.